The van der Waals surface area contributed by atoms with Crippen LogP contribution in [0.4, 0.5) is 0 Å². The van der Waals surface area contributed by atoms with Crippen molar-refractivity contribution in [1.29, 1.82) is 0 Å². The minimum absolute atomic E-state index is 0.0351. The smallest absolute Gasteiger partial charge is 0.253 e. The van der Waals surface area contributed by atoms with Crippen molar-refractivity contribution in [2.75, 3.05) is 26.7 Å². The molecule has 0 saturated carbocycles. The Morgan fingerprint density at radius 2 is 2.00 bits per heavy atom. The van der Waals surface area contributed by atoms with Crippen LogP contribution in [0.1, 0.15) is 54.3 Å². The molecular formula is C19H29N3O2. The van der Waals surface area contributed by atoms with Crippen LogP contribution in [0, 0.1) is 5.41 Å². The Morgan fingerprint density at radius 1 is 1.29 bits per heavy atom. The van der Waals surface area contributed by atoms with Crippen LogP contribution in [0.15, 0.2) is 24.3 Å². The van der Waals surface area contributed by atoms with Gasteiger partial charge in [0, 0.05) is 37.3 Å². The highest BCUT2D eigenvalue weighted by Gasteiger charge is 2.20. The van der Waals surface area contributed by atoms with Gasteiger partial charge in [0.15, 0.2) is 0 Å². The van der Waals surface area contributed by atoms with Gasteiger partial charge in [-0.15, -0.1) is 0 Å². The van der Waals surface area contributed by atoms with Gasteiger partial charge < -0.3 is 15.5 Å². The van der Waals surface area contributed by atoms with E-state index in [4.69, 9.17) is 0 Å². The van der Waals surface area contributed by atoms with Gasteiger partial charge in [-0.2, -0.15) is 0 Å². The Hall–Kier alpha value is -1.88. The molecule has 0 unspecified atom stereocenters. The lowest BCUT2D eigenvalue weighted by atomic mass is 9.96. The van der Waals surface area contributed by atoms with Gasteiger partial charge in [0.1, 0.15) is 0 Å². The van der Waals surface area contributed by atoms with E-state index < -0.39 is 0 Å². The first-order chi connectivity index (χ1) is 11.3. The normalized spacial score (nSPS) is 18.1. The summed E-state index contributed by atoms with van der Waals surface area (Å²) in [4.78, 5) is 26.7. The highest BCUT2D eigenvalue weighted by Crippen LogP contribution is 2.16. The number of rotatable bonds is 4. The summed E-state index contributed by atoms with van der Waals surface area (Å²) in [5.41, 5.74) is 1.12. The predicted molar refractivity (Wildman–Crippen MR) is 96.2 cm³/mol. The summed E-state index contributed by atoms with van der Waals surface area (Å²) in [6, 6.07) is 7.14. The third-order valence-corrected chi connectivity index (χ3v) is 4.06. The molecule has 2 amide bonds. The van der Waals surface area contributed by atoms with E-state index in [0.717, 1.165) is 25.9 Å². The second-order valence-electron chi connectivity index (χ2n) is 7.82. The number of nitrogens with zero attached hydrogens (tertiary/aromatic N) is 1. The number of nitrogens with one attached hydrogen (secondary N) is 2. The highest BCUT2D eigenvalue weighted by atomic mass is 16.2. The standard InChI is InChI=1S/C19H29N3O2/c1-19(2,3)13-22(4)18(24)15-8-5-7-14(11-15)17(23)21-16-9-6-10-20-12-16/h5,7-8,11,16,20H,6,9-10,12-13H2,1-4H3,(H,21,23)/t16-/m0/s1. The van der Waals surface area contributed by atoms with Crippen molar-refractivity contribution >= 4 is 11.8 Å². The van der Waals surface area contributed by atoms with Crippen molar-refractivity contribution < 1.29 is 9.59 Å². The zero-order valence-corrected chi connectivity index (χ0v) is 15.2. The molecule has 1 aromatic carbocycles. The van der Waals surface area contributed by atoms with Gasteiger partial charge in [0.05, 0.1) is 0 Å². The van der Waals surface area contributed by atoms with E-state index in [1.165, 1.54) is 0 Å². The lowest BCUT2D eigenvalue weighted by Gasteiger charge is -2.27. The van der Waals surface area contributed by atoms with Crippen LogP contribution in [-0.4, -0.2) is 49.4 Å². The third kappa shape index (κ3) is 5.34. The van der Waals surface area contributed by atoms with Crippen molar-refractivity contribution in [2.45, 2.75) is 39.7 Å². The topological polar surface area (TPSA) is 61.4 Å². The Labute approximate surface area is 144 Å². The summed E-state index contributed by atoms with van der Waals surface area (Å²) in [5, 5.41) is 6.32. The second kappa shape index (κ2) is 7.79. The molecule has 1 atom stereocenters. The molecule has 1 aliphatic rings. The number of piperidine rings is 1. The van der Waals surface area contributed by atoms with Crippen LogP contribution in [-0.2, 0) is 0 Å². The first-order valence-electron chi connectivity index (χ1n) is 8.63. The fourth-order valence-electron chi connectivity index (χ4n) is 3.04. The van der Waals surface area contributed by atoms with Crippen molar-refractivity contribution in [3.05, 3.63) is 35.4 Å². The van der Waals surface area contributed by atoms with E-state index in [1.807, 2.05) is 0 Å². The van der Waals surface area contributed by atoms with E-state index >= 15 is 0 Å². The van der Waals surface area contributed by atoms with Gasteiger partial charge in [0.2, 0.25) is 0 Å². The maximum Gasteiger partial charge on any atom is 0.253 e. The summed E-state index contributed by atoms with van der Waals surface area (Å²) in [6.07, 6.45) is 2.06. The summed E-state index contributed by atoms with van der Waals surface area (Å²) in [5.74, 6) is -0.171. The largest absolute Gasteiger partial charge is 0.348 e. The molecule has 0 radical (unpaired) electrons. The lowest BCUT2D eigenvalue weighted by Crippen LogP contribution is -2.45. The molecule has 0 bridgehead atoms. The Kier molecular flexibility index (Phi) is 5.99. The molecule has 5 nitrogen and oxygen atoms in total. The summed E-state index contributed by atoms with van der Waals surface area (Å²) in [7, 11) is 1.80. The minimum atomic E-state index is -0.114. The maximum atomic E-state index is 12.6. The molecule has 1 fully saturated rings. The molecule has 2 N–H and O–H groups in total. The molecule has 1 aromatic rings. The van der Waals surface area contributed by atoms with Crippen molar-refractivity contribution in [2.24, 2.45) is 5.41 Å². The number of amides is 2. The Bertz CT molecular complexity index is 587. The zero-order valence-electron chi connectivity index (χ0n) is 15.2. The summed E-state index contributed by atoms with van der Waals surface area (Å²) >= 11 is 0. The fraction of sp³-hybridized carbons (Fsp3) is 0.579. The van der Waals surface area contributed by atoms with Crippen LogP contribution in [0.5, 0.6) is 0 Å². The number of carbonyl (C=O) groups excluding carboxylic acids is 2. The zero-order chi connectivity index (χ0) is 17.7. The maximum absolute atomic E-state index is 12.6. The summed E-state index contributed by atoms with van der Waals surface area (Å²) in [6.45, 7) is 8.77. The monoisotopic (exact) mass is 331 g/mol. The van der Waals surface area contributed by atoms with Crippen molar-refractivity contribution in [3.8, 4) is 0 Å². The van der Waals surface area contributed by atoms with Gasteiger partial charge in [-0.1, -0.05) is 26.8 Å². The van der Waals surface area contributed by atoms with Gasteiger partial charge in [0.25, 0.3) is 11.8 Å². The quantitative estimate of drug-likeness (QED) is 0.890. The lowest BCUT2D eigenvalue weighted by molar-refractivity contribution is 0.0745. The van der Waals surface area contributed by atoms with Gasteiger partial charge >= 0.3 is 0 Å². The molecular weight excluding hydrogens is 302 g/mol. The van der Waals surface area contributed by atoms with Crippen LogP contribution < -0.4 is 10.6 Å². The van der Waals surface area contributed by atoms with Crippen LogP contribution >= 0.6 is 0 Å². The van der Waals surface area contributed by atoms with Gasteiger partial charge in [-0.05, 0) is 43.0 Å². The molecule has 5 heteroatoms. The first kappa shape index (κ1) is 18.5. The third-order valence-electron chi connectivity index (χ3n) is 4.06. The number of carbonyl (C=O) groups is 2. The molecule has 132 valence electrons. The minimum Gasteiger partial charge on any atom is -0.348 e. The Morgan fingerprint density at radius 3 is 2.62 bits per heavy atom. The molecule has 1 heterocycles. The van der Waals surface area contributed by atoms with Gasteiger partial charge in [-0.3, -0.25) is 9.59 Å². The Balaban J connectivity index is 2.04. The van der Waals surface area contributed by atoms with E-state index in [0.29, 0.717) is 17.7 Å². The molecule has 1 aliphatic heterocycles. The molecule has 0 aromatic heterocycles. The predicted octanol–water partition coefficient (Wildman–Crippen LogP) is 2.29. The van der Waals surface area contributed by atoms with Crippen LogP contribution in [0.25, 0.3) is 0 Å². The average molecular weight is 331 g/mol. The fourth-order valence-corrected chi connectivity index (χ4v) is 3.04. The first-order valence-corrected chi connectivity index (χ1v) is 8.63. The van der Waals surface area contributed by atoms with Crippen molar-refractivity contribution in [3.63, 3.8) is 0 Å². The molecule has 2 rings (SSSR count). The van der Waals surface area contributed by atoms with E-state index in [-0.39, 0.29) is 23.3 Å². The molecule has 1 saturated heterocycles. The van der Waals surface area contributed by atoms with Gasteiger partial charge in [-0.25, -0.2) is 0 Å². The highest BCUT2D eigenvalue weighted by molar-refractivity contribution is 5.99. The average Bonchev–Trinajstić information content (AvgIpc) is 2.53. The molecule has 0 spiro atoms. The molecule has 0 aliphatic carbocycles. The van der Waals surface area contributed by atoms with Crippen molar-refractivity contribution in [1.82, 2.24) is 15.5 Å². The van der Waals surface area contributed by atoms with E-state index in [9.17, 15) is 9.59 Å². The summed E-state index contributed by atoms with van der Waals surface area (Å²) < 4.78 is 0. The number of hydrogen-bond acceptors (Lipinski definition) is 3. The number of hydrogen-bond donors (Lipinski definition) is 2. The van der Waals surface area contributed by atoms with E-state index in [1.54, 1.807) is 36.2 Å². The van der Waals surface area contributed by atoms with Crippen LogP contribution in [0.3, 0.4) is 0 Å². The van der Waals surface area contributed by atoms with Crippen LogP contribution in [0.2, 0.25) is 0 Å². The SMILES string of the molecule is CN(CC(C)(C)C)C(=O)c1cccc(C(=O)N[C@H]2CCCNC2)c1. The second-order valence-corrected chi connectivity index (χ2v) is 7.82. The molecule has 24 heavy (non-hydrogen) atoms. The number of benzene rings is 1. The van der Waals surface area contributed by atoms with E-state index in [2.05, 4.69) is 31.4 Å².